The minimum absolute atomic E-state index is 0.0631. The molecule has 0 radical (unpaired) electrons. The van der Waals surface area contributed by atoms with Crippen LogP contribution in [-0.4, -0.2) is 37.2 Å². The third kappa shape index (κ3) is 44.0. The molecular formula is C52H100O6. The topological polar surface area (TPSA) is 78.9 Å². The van der Waals surface area contributed by atoms with Gasteiger partial charge in [-0.15, -0.1) is 0 Å². The van der Waals surface area contributed by atoms with E-state index in [0.717, 1.165) is 63.7 Å². The zero-order valence-corrected chi connectivity index (χ0v) is 39.5. The average molecular weight is 821 g/mol. The molecule has 0 aromatic rings. The van der Waals surface area contributed by atoms with E-state index in [-0.39, 0.29) is 31.1 Å². The second kappa shape index (κ2) is 46.5. The van der Waals surface area contributed by atoms with E-state index in [4.69, 9.17) is 14.2 Å². The van der Waals surface area contributed by atoms with E-state index in [1.165, 1.54) is 186 Å². The average Bonchev–Trinajstić information content (AvgIpc) is 3.22. The fourth-order valence-electron chi connectivity index (χ4n) is 7.83. The second-order valence-electron chi connectivity index (χ2n) is 18.1. The van der Waals surface area contributed by atoms with Crippen LogP contribution in [0, 0.1) is 5.92 Å². The molecule has 0 aliphatic carbocycles. The number of rotatable bonds is 47. The third-order valence-electron chi connectivity index (χ3n) is 12.2. The van der Waals surface area contributed by atoms with Crippen LogP contribution in [-0.2, 0) is 28.6 Å². The number of ether oxygens (including phenoxy) is 3. The van der Waals surface area contributed by atoms with Gasteiger partial charge in [-0.1, -0.05) is 252 Å². The van der Waals surface area contributed by atoms with Crippen molar-refractivity contribution in [1.82, 2.24) is 0 Å². The fourth-order valence-corrected chi connectivity index (χ4v) is 7.83. The first-order valence-corrected chi connectivity index (χ1v) is 25.9. The van der Waals surface area contributed by atoms with Crippen LogP contribution in [0.5, 0.6) is 0 Å². The van der Waals surface area contributed by atoms with Gasteiger partial charge in [0.1, 0.15) is 13.2 Å². The lowest BCUT2D eigenvalue weighted by atomic mass is 9.99. The summed E-state index contributed by atoms with van der Waals surface area (Å²) in [5, 5.41) is 0. The van der Waals surface area contributed by atoms with Gasteiger partial charge >= 0.3 is 17.9 Å². The molecule has 0 aromatic heterocycles. The second-order valence-corrected chi connectivity index (χ2v) is 18.1. The van der Waals surface area contributed by atoms with Crippen LogP contribution in [0.1, 0.15) is 291 Å². The number of carbonyl (C=O) groups is 3. The minimum Gasteiger partial charge on any atom is -0.462 e. The van der Waals surface area contributed by atoms with Crippen molar-refractivity contribution in [3.05, 3.63) is 0 Å². The molecular weight excluding hydrogens is 721 g/mol. The highest BCUT2D eigenvalue weighted by atomic mass is 16.6. The van der Waals surface area contributed by atoms with Crippen molar-refractivity contribution in [2.45, 2.75) is 297 Å². The van der Waals surface area contributed by atoms with Crippen LogP contribution in [0.4, 0.5) is 0 Å². The molecule has 344 valence electrons. The maximum absolute atomic E-state index is 12.8. The smallest absolute Gasteiger partial charge is 0.306 e. The normalized spacial score (nSPS) is 12.4. The van der Waals surface area contributed by atoms with Crippen molar-refractivity contribution in [2.75, 3.05) is 13.2 Å². The lowest BCUT2D eigenvalue weighted by molar-refractivity contribution is -0.167. The Morgan fingerprint density at radius 1 is 0.345 bits per heavy atom. The van der Waals surface area contributed by atoms with E-state index in [9.17, 15) is 14.4 Å². The summed E-state index contributed by atoms with van der Waals surface area (Å²) in [5.74, 6) is -0.00132. The zero-order chi connectivity index (χ0) is 42.4. The van der Waals surface area contributed by atoms with Gasteiger partial charge in [-0.3, -0.25) is 14.4 Å². The quantitative estimate of drug-likeness (QED) is 0.0346. The highest BCUT2D eigenvalue weighted by Crippen LogP contribution is 2.17. The summed E-state index contributed by atoms with van der Waals surface area (Å²) < 4.78 is 16.8. The molecule has 0 amide bonds. The molecule has 6 nitrogen and oxygen atoms in total. The third-order valence-corrected chi connectivity index (χ3v) is 12.2. The first-order chi connectivity index (χ1) is 28.4. The fraction of sp³-hybridized carbons (Fsp3) is 0.942. The van der Waals surface area contributed by atoms with E-state index in [1.54, 1.807) is 0 Å². The van der Waals surface area contributed by atoms with Crippen molar-refractivity contribution in [2.24, 2.45) is 5.92 Å². The van der Waals surface area contributed by atoms with Gasteiger partial charge in [-0.05, 0) is 25.2 Å². The van der Waals surface area contributed by atoms with Crippen LogP contribution >= 0.6 is 0 Å². The Morgan fingerprint density at radius 3 is 0.897 bits per heavy atom. The van der Waals surface area contributed by atoms with Crippen molar-refractivity contribution in [1.29, 1.82) is 0 Å². The lowest BCUT2D eigenvalue weighted by Gasteiger charge is -2.18. The van der Waals surface area contributed by atoms with Gasteiger partial charge < -0.3 is 14.2 Å². The molecule has 0 rings (SSSR count). The predicted octanol–water partition coefficient (Wildman–Crippen LogP) is 16.7. The Hall–Kier alpha value is -1.59. The number of hydrogen-bond donors (Lipinski definition) is 0. The van der Waals surface area contributed by atoms with E-state index < -0.39 is 6.10 Å². The number of carbonyl (C=O) groups excluding carboxylic acids is 3. The molecule has 0 aromatic carbocycles. The summed E-state index contributed by atoms with van der Waals surface area (Å²) in [5.41, 5.74) is 0. The zero-order valence-electron chi connectivity index (χ0n) is 39.5. The van der Waals surface area contributed by atoms with Crippen LogP contribution in [0.15, 0.2) is 0 Å². The highest BCUT2D eigenvalue weighted by molar-refractivity contribution is 5.71. The molecule has 6 heteroatoms. The van der Waals surface area contributed by atoms with Crippen molar-refractivity contribution >= 4 is 17.9 Å². The van der Waals surface area contributed by atoms with Crippen molar-refractivity contribution < 1.29 is 28.6 Å². The predicted molar refractivity (Wildman–Crippen MR) is 247 cm³/mol. The molecule has 0 fully saturated rings. The van der Waals surface area contributed by atoms with E-state index in [2.05, 4.69) is 27.7 Å². The molecule has 0 N–H and O–H groups in total. The van der Waals surface area contributed by atoms with Gasteiger partial charge in [0.15, 0.2) is 6.10 Å². The number of esters is 3. The van der Waals surface area contributed by atoms with Gasteiger partial charge in [-0.25, -0.2) is 0 Å². The molecule has 2 atom stereocenters. The maximum atomic E-state index is 12.8. The van der Waals surface area contributed by atoms with E-state index >= 15 is 0 Å². The Balaban J connectivity index is 4.30. The standard InChI is InChI=1S/C52H100O6/c1-5-8-10-12-14-16-18-20-21-22-23-25-27-32-36-40-44-51(54)57-47-49(58-52(55)45-41-37-33-29-28-30-34-38-42-48(4)7-3)46-56-50(53)43-39-35-31-26-24-19-17-15-13-11-9-6-2/h48-49H,5-47H2,1-4H3/t48?,49-/m0/s1. The Labute approximate surface area is 361 Å². The van der Waals surface area contributed by atoms with Crippen LogP contribution in [0.3, 0.4) is 0 Å². The van der Waals surface area contributed by atoms with E-state index in [1.807, 2.05) is 0 Å². The molecule has 0 aliphatic heterocycles. The first kappa shape index (κ1) is 56.4. The monoisotopic (exact) mass is 821 g/mol. The minimum atomic E-state index is -0.761. The van der Waals surface area contributed by atoms with Gasteiger partial charge in [0, 0.05) is 19.3 Å². The van der Waals surface area contributed by atoms with Crippen LogP contribution < -0.4 is 0 Å². The molecule has 58 heavy (non-hydrogen) atoms. The SMILES string of the molecule is CCCCCCCCCCCCCCCCCCC(=O)OC[C@H](COC(=O)CCCCCCCCCCCCCC)OC(=O)CCCCCCCCCCC(C)CC. The Kier molecular flexibility index (Phi) is 45.2. The molecule has 0 bridgehead atoms. The maximum Gasteiger partial charge on any atom is 0.306 e. The molecule has 0 spiro atoms. The molecule has 1 unspecified atom stereocenters. The lowest BCUT2D eigenvalue weighted by Crippen LogP contribution is -2.30. The molecule has 0 saturated heterocycles. The van der Waals surface area contributed by atoms with Crippen LogP contribution in [0.25, 0.3) is 0 Å². The number of hydrogen-bond acceptors (Lipinski definition) is 6. The summed E-state index contributed by atoms with van der Waals surface area (Å²) in [6.07, 6.45) is 47.9. The highest BCUT2D eigenvalue weighted by Gasteiger charge is 2.19. The summed E-state index contributed by atoms with van der Waals surface area (Å²) >= 11 is 0. The summed E-state index contributed by atoms with van der Waals surface area (Å²) in [7, 11) is 0. The van der Waals surface area contributed by atoms with Gasteiger partial charge in [-0.2, -0.15) is 0 Å². The molecule has 0 saturated carbocycles. The van der Waals surface area contributed by atoms with E-state index in [0.29, 0.717) is 19.3 Å². The van der Waals surface area contributed by atoms with Gasteiger partial charge in [0.25, 0.3) is 0 Å². The summed E-state index contributed by atoms with van der Waals surface area (Å²) in [6.45, 7) is 9.03. The Bertz CT molecular complexity index is 874. The van der Waals surface area contributed by atoms with Crippen LogP contribution in [0.2, 0.25) is 0 Å². The first-order valence-electron chi connectivity index (χ1n) is 25.9. The summed E-state index contributed by atoms with van der Waals surface area (Å²) in [4.78, 5) is 37.9. The van der Waals surface area contributed by atoms with Gasteiger partial charge in [0.2, 0.25) is 0 Å². The molecule has 0 heterocycles. The number of unbranched alkanes of at least 4 members (excludes halogenated alkanes) is 33. The van der Waals surface area contributed by atoms with Gasteiger partial charge in [0.05, 0.1) is 0 Å². The Morgan fingerprint density at radius 2 is 0.603 bits per heavy atom. The van der Waals surface area contributed by atoms with Crippen molar-refractivity contribution in [3.63, 3.8) is 0 Å². The largest absolute Gasteiger partial charge is 0.462 e. The molecule has 0 aliphatic rings. The van der Waals surface area contributed by atoms with Crippen molar-refractivity contribution in [3.8, 4) is 0 Å². The summed E-state index contributed by atoms with van der Waals surface area (Å²) in [6, 6.07) is 0.